The molecule has 2 N–H and O–H groups in total. The van der Waals surface area contributed by atoms with Crippen LogP contribution in [0.25, 0.3) is 11.1 Å². The molecule has 26 heavy (non-hydrogen) atoms. The molecule has 0 aliphatic heterocycles. The number of nitrogens with zero attached hydrogens (tertiary/aromatic N) is 1. The Kier molecular flexibility index (Phi) is 4.73. The maximum absolute atomic E-state index is 12.5. The Labute approximate surface area is 151 Å². The molecule has 1 aromatic heterocycles. The summed E-state index contributed by atoms with van der Waals surface area (Å²) < 4.78 is 27.4. The summed E-state index contributed by atoms with van der Waals surface area (Å²) in [5, 5.41) is 9.01. The second-order valence-electron chi connectivity index (χ2n) is 5.71. The van der Waals surface area contributed by atoms with Crippen molar-refractivity contribution in [2.24, 2.45) is 0 Å². The van der Waals surface area contributed by atoms with Crippen LogP contribution in [-0.4, -0.2) is 24.5 Å². The van der Waals surface area contributed by atoms with Crippen LogP contribution in [-0.2, 0) is 10.0 Å². The smallest absolute Gasteiger partial charge is 0.335 e. The zero-order valence-electron chi connectivity index (χ0n) is 13.9. The van der Waals surface area contributed by atoms with Crippen molar-refractivity contribution in [3.05, 3.63) is 78.1 Å². The second-order valence-corrected chi connectivity index (χ2v) is 7.39. The molecule has 0 fully saturated rings. The van der Waals surface area contributed by atoms with Gasteiger partial charge >= 0.3 is 5.97 Å². The van der Waals surface area contributed by atoms with E-state index in [1.807, 2.05) is 13.0 Å². The number of aryl methyl sites for hydroxylation is 1. The van der Waals surface area contributed by atoms with Gasteiger partial charge in [-0.2, -0.15) is 0 Å². The minimum absolute atomic E-state index is 0.0877. The first kappa shape index (κ1) is 17.6. The van der Waals surface area contributed by atoms with Crippen molar-refractivity contribution in [3.63, 3.8) is 0 Å². The van der Waals surface area contributed by atoms with Crippen LogP contribution in [0.4, 0.5) is 5.69 Å². The summed E-state index contributed by atoms with van der Waals surface area (Å²) in [6.07, 6.45) is 3.47. The van der Waals surface area contributed by atoms with Crippen LogP contribution in [0.5, 0.6) is 0 Å². The van der Waals surface area contributed by atoms with Crippen molar-refractivity contribution >= 4 is 21.7 Å². The molecule has 6 nitrogen and oxygen atoms in total. The lowest BCUT2D eigenvalue weighted by Gasteiger charge is -2.10. The van der Waals surface area contributed by atoms with Crippen LogP contribution in [0.1, 0.15) is 15.9 Å². The predicted molar refractivity (Wildman–Crippen MR) is 98.6 cm³/mol. The predicted octanol–water partition coefficient (Wildman–Crippen LogP) is 3.56. The maximum atomic E-state index is 12.5. The molecule has 7 heteroatoms. The number of rotatable bonds is 5. The Bertz CT molecular complexity index is 1060. The van der Waals surface area contributed by atoms with E-state index in [1.54, 1.807) is 36.7 Å². The number of carboxylic acids is 1. The van der Waals surface area contributed by atoms with E-state index in [-0.39, 0.29) is 10.5 Å². The number of hydrogen-bond acceptors (Lipinski definition) is 4. The van der Waals surface area contributed by atoms with Crippen LogP contribution in [0.2, 0.25) is 0 Å². The summed E-state index contributed by atoms with van der Waals surface area (Å²) in [5.41, 5.74) is 3.26. The Morgan fingerprint density at radius 2 is 1.81 bits per heavy atom. The number of sulfonamides is 1. The molecule has 0 unspecified atom stereocenters. The Hall–Kier alpha value is -3.19. The van der Waals surface area contributed by atoms with Crippen molar-refractivity contribution in [3.8, 4) is 11.1 Å². The summed E-state index contributed by atoms with van der Waals surface area (Å²) in [5.74, 6) is -1.18. The highest BCUT2D eigenvalue weighted by Crippen LogP contribution is 2.25. The van der Waals surface area contributed by atoms with Crippen LogP contribution in [0, 0.1) is 6.92 Å². The molecule has 0 atom stereocenters. The van der Waals surface area contributed by atoms with E-state index in [9.17, 15) is 13.2 Å². The minimum atomic E-state index is -3.88. The summed E-state index contributed by atoms with van der Waals surface area (Å²) in [6, 6.07) is 14.0. The van der Waals surface area contributed by atoms with E-state index in [0.717, 1.165) is 22.8 Å². The molecule has 0 aliphatic rings. The topological polar surface area (TPSA) is 96.4 Å². The zero-order valence-corrected chi connectivity index (χ0v) is 14.7. The molecule has 0 aliphatic carbocycles. The number of nitrogens with one attached hydrogen (secondary N) is 1. The molecule has 3 rings (SSSR count). The average Bonchev–Trinajstić information content (AvgIpc) is 2.63. The molecule has 0 saturated heterocycles. The van der Waals surface area contributed by atoms with Gasteiger partial charge in [0.05, 0.1) is 10.5 Å². The van der Waals surface area contributed by atoms with Crippen molar-refractivity contribution in [2.75, 3.05) is 4.72 Å². The van der Waals surface area contributed by atoms with Crippen molar-refractivity contribution in [2.45, 2.75) is 11.8 Å². The van der Waals surface area contributed by atoms with Crippen molar-refractivity contribution in [1.29, 1.82) is 0 Å². The van der Waals surface area contributed by atoms with E-state index in [4.69, 9.17) is 5.11 Å². The van der Waals surface area contributed by atoms with E-state index >= 15 is 0 Å². The number of hydrogen-bond donors (Lipinski definition) is 2. The van der Waals surface area contributed by atoms with Crippen molar-refractivity contribution in [1.82, 2.24) is 4.98 Å². The third kappa shape index (κ3) is 3.73. The fraction of sp³-hybridized carbons (Fsp3) is 0.0526. The molecule has 3 aromatic rings. The third-order valence-electron chi connectivity index (χ3n) is 3.88. The average molecular weight is 368 g/mol. The Morgan fingerprint density at radius 1 is 1.08 bits per heavy atom. The lowest BCUT2D eigenvalue weighted by atomic mass is 10.0. The molecule has 0 saturated carbocycles. The first-order valence-corrected chi connectivity index (χ1v) is 9.22. The van der Waals surface area contributed by atoms with Gasteiger partial charge in [-0.15, -0.1) is 0 Å². The first-order valence-electron chi connectivity index (χ1n) is 7.74. The Balaban J connectivity index is 1.86. The van der Waals surface area contributed by atoms with Gasteiger partial charge in [0.25, 0.3) is 10.0 Å². The number of benzene rings is 2. The second kappa shape index (κ2) is 6.97. The lowest BCUT2D eigenvalue weighted by molar-refractivity contribution is 0.0696. The molecular formula is C19H16N2O4S. The van der Waals surface area contributed by atoms with Crippen LogP contribution in [0.3, 0.4) is 0 Å². The number of pyridine rings is 1. The van der Waals surface area contributed by atoms with E-state index in [1.165, 1.54) is 18.2 Å². The highest BCUT2D eigenvalue weighted by atomic mass is 32.2. The number of aromatic nitrogens is 1. The molecular weight excluding hydrogens is 352 g/mol. The summed E-state index contributed by atoms with van der Waals surface area (Å²) in [7, 11) is -3.88. The molecule has 132 valence electrons. The van der Waals surface area contributed by atoms with E-state index in [0.29, 0.717) is 5.69 Å². The standard InChI is InChI=1S/C19H16N2O4S/c1-13-9-10-20-12-18(13)14-5-7-16(8-6-14)21-26(24,25)17-4-2-3-15(11-17)19(22)23/h2-12,21H,1H3,(H,22,23). The summed E-state index contributed by atoms with van der Waals surface area (Å²) >= 11 is 0. The fourth-order valence-corrected chi connectivity index (χ4v) is 3.60. The maximum Gasteiger partial charge on any atom is 0.335 e. The van der Waals surface area contributed by atoms with Gasteiger partial charge in [0, 0.05) is 23.6 Å². The number of aromatic carboxylic acids is 1. The number of carbonyl (C=O) groups is 1. The van der Waals surface area contributed by atoms with Gasteiger partial charge in [-0.3, -0.25) is 9.71 Å². The molecule has 0 amide bonds. The van der Waals surface area contributed by atoms with E-state index in [2.05, 4.69) is 9.71 Å². The van der Waals surface area contributed by atoms with Gasteiger partial charge in [0.15, 0.2) is 0 Å². The number of anilines is 1. The molecule has 1 heterocycles. The highest BCUT2D eigenvalue weighted by molar-refractivity contribution is 7.92. The van der Waals surface area contributed by atoms with Gasteiger partial charge in [0.1, 0.15) is 0 Å². The van der Waals surface area contributed by atoms with Gasteiger partial charge in [-0.25, -0.2) is 13.2 Å². The fourth-order valence-electron chi connectivity index (χ4n) is 2.49. The van der Waals surface area contributed by atoms with Crippen LogP contribution >= 0.6 is 0 Å². The lowest BCUT2D eigenvalue weighted by Crippen LogP contribution is -2.13. The summed E-state index contributed by atoms with van der Waals surface area (Å²) in [4.78, 5) is 15.0. The van der Waals surface area contributed by atoms with Crippen molar-refractivity contribution < 1.29 is 18.3 Å². The van der Waals surface area contributed by atoms with E-state index < -0.39 is 16.0 Å². The van der Waals surface area contributed by atoms with Gasteiger partial charge in [-0.1, -0.05) is 18.2 Å². The van der Waals surface area contributed by atoms with Gasteiger partial charge in [0.2, 0.25) is 0 Å². The third-order valence-corrected chi connectivity index (χ3v) is 5.26. The zero-order chi connectivity index (χ0) is 18.7. The highest BCUT2D eigenvalue weighted by Gasteiger charge is 2.16. The number of carboxylic acid groups (broad SMARTS) is 1. The van der Waals surface area contributed by atoms with Crippen LogP contribution < -0.4 is 4.72 Å². The molecule has 2 aromatic carbocycles. The SMILES string of the molecule is Cc1ccncc1-c1ccc(NS(=O)(=O)c2cccc(C(=O)O)c2)cc1. The normalized spacial score (nSPS) is 11.1. The minimum Gasteiger partial charge on any atom is -0.478 e. The van der Waals surface area contributed by atoms with Gasteiger partial charge < -0.3 is 5.11 Å². The quantitative estimate of drug-likeness (QED) is 0.718. The Morgan fingerprint density at radius 3 is 2.46 bits per heavy atom. The molecule has 0 spiro atoms. The van der Waals surface area contributed by atoms with Crippen LogP contribution in [0.15, 0.2) is 71.9 Å². The molecule has 0 radical (unpaired) electrons. The van der Waals surface area contributed by atoms with Gasteiger partial charge in [-0.05, 0) is 54.4 Å². The first-order chi connectivity index (χ1) is 12.4. The largest absolute Gasteiger partial charge is 0.478 e. The monoisotopic (exact) mass is 368 g/mol. The summed E-state index contributed by atoms with van der Waals surface area (Å²) in [6.45, 7) is 1.98. The molecule has 0 bridgehead atoms.